The van der Waals surface area contributed by atoms with Gasteiger partial charge in [-0.1, -0.05) is 13.8 Å². The lowest BCUT2D eigenvalue weighted by atomic mass is 10.1. The number of nitrogens with zero attached hydrogens (tertiary/aromatic N) is 2. The van der Waals surface area contributed by atoms with E-state index in [1.807, 2.05) is 13.8 Å². The zero-order chi connectivity index (χ0) is 11.5. The van der Waals surface area contributed by atoms with Crippen LogP contribution in [0.4, 0.5) is 10.1 Å². The van der Waals surface area contributed by atoms with Gasteiger partial charge in [0, 0.05) is 19.2 Å². The number of morpholine rings is 1. The number of pyridine rings is 1. The molecule has 0 unspecified atom stereocenters. The Hall–Kier alpha value is -1.16. The van der Waals surface area contributed by atoms with Crippen LogP contribution in [0.15, 0.2) is 12.3 Å². The highest BCUT2D eigenvalue weighted by Gasteiger charge is 2.15. The molecular weight excluding hydrogens is 207 g/mol. The molecule has 88 valence electrons. The number of halogens is 1. The Morgan fingerprint density at radius 1 is 1.38 bits per heavy atom. The second-order valence-electron chi connectivity index (χ2n) is 4.31. The molecule has 1 aromatic rings. The predicted molar refractivity (Wildman–Crippen MR) is 61.3 cm³/mol. The maximum atomic E-state index is 13.7. The van der Waals surface area contributed by atoms with Gasteiger partial charge in [-0.25, -0.2) is 4.39 Å². The van der Waals surface area contributed by atoms with Crippen molar-refractivity contribution in [3.05, 3.63) is 23.8 Å². The largest absolute Gasteiger partial charge is 0.378 e. The third-order valence-corrected chi connectivity index (χ3v) is 2.78. The molecule has 1 fully saturated rings. The molecule has 0 spiro atoms. The summed E-state index contributed by atoms with van der Waals surface area (Å²) < 4.78 is 19.0. The molecule has 16 heavy (non-hydrogen) atoms. The fourth-order valence-corrected chi connectivity index (χ4v) is 1.86. The fourth-order valence-electron chi connectivity index (χ4n) is 1.86. The average molecular weight is 224 g/mol. The molecule has 3 nitrogen and oxygen atoms in total. The van der Waals surface area contributed by atoms with E-state index in [1.165, 1.54) is 0 Å². The zero-order valence-corrected chi connectivity index (χ0v) is 9.74. The summed E-state index contributed by atoms with van der Waals surface area (Å²) >= 11 is 0. The predicted octanol–water partition coefficient (Wildman–Crippen LogP) is 2.18. The molecule has 4 heteroatoms. The molecule has 1 aromatic heterocycles. The molecule has 0 radical (unpaired) electrons. The van der Waals surface area contributed by atoms with Gasteiger partial charge in [0.1, 0.15) is 5.82 Å². The SMILES string of the molecule is CC(C)c1ncc(N2CCOCC2)cc1F. The Labute approximate surface area is 95.2 Å². The monoisotopic (exact) mass is 224 g/mol. The summed E-state index contributed by atoms with van der Waals surface area (Å²) in [5, 5.41) is 0. The topological polar surface area (TPSA) is 25.4 Å². The van der Waals surface area contributed by atoms with Gasteiger partial charge in [-0.2, -0.15) is 0 Å². The zero-order valence-electron chi connectivity index (χ0n) is 9.74. The van der Waals surface area contributed by atoms with Gasteiger partial charge in [-0.15, -0.1) is 0 Å². The lowest BCUT2D eigenvalue weighted by molar-refractivity contribution is 0.122. The number of rotatable bonds is 2. The first kappa shape index (κ1) is 11.3. The van der Waals surface area contributed by atoms with Crippen LogP contribution in [-0.4, -0.2) is 31.3 Å². The molecule has 1 aliphatic rings. The van der Waals surface area contributed by atoms with Crippen LogP contribution in [-0.2, 0) is 4.74 Å². The van der Waals surface area contributed by atoms with Crippen LogP contribution in [0.2, 0.25) is 0 Å². The molecule has 2 heterocycles. The van der Waals surface area contributed by atoms with Crippen molar-refractivity contribution < 1.29 is 9.13 Å². The van der Waals surface area contributed by atoms with E-state index in [9.17, 15) is 4.39 Å². The minimum Gasteiger partial charge on any atom is -0.378 e. The van der Waals surface area contributed by atoms with Gasteiger partial charge in [0.2, 0.25) is 0 Å². The summed E-state index contributed by atoms with van der Waals surface area (Å²) in [6.45, 7) is 6.91. The van der Waals surface area contributed by atoms with Crippen LogP contribution in [0.1, 0.15) is 25.5 Å². The molecule has 0 aromatic carbocycles. The van der Waals surface area contributed by atoms with Crippen LogP contribution < -0.4 is 4.90 Å². The maximum absolute atomic E-state index is 13.7. The van der Waals surface area contributed by atoms with Crippen molar-refractivity contribution in [3.63, 3.8) is 0 Å². The summed E-state index contributed by atoms with van der Waals surface area (Å²) in [4.78, 5) is 6.30. The van der Waals surface area contributed by atoms with Crippen molar-refractivity contribution in [3.8, 4) is 0 Å². The summed E-state index contributed by atoms with van der Waals surface area (Å²) in [5.74, 6) is -0.0854. The van der Waals surface area contributed by atoms with Crippen molar-refractivity contribution in [1.29, 1.82) is 0 Å². The Bertz CT molecular complexity index is 362. The van der Waals surface area contributed by atoms with Crippen molar-refractivity contribution in [1.82, 2.24) is 4.98 Å². The van der Waals surface area contributed by atoms with E-state index in [0.29, 0.717) is 18.9 Å². The number of anilines is 1. The minimum atomic E-state index is -0.209. The fraction of sp³-hybridized carbons (Fsp3) is 0.583. The van der Waals surface area contributed by atoms with Gasteiger partial charge >= 0.3 is 0 Å². The van der Waals surface area contributed by atoms with Gasteiger partial charge in [0.05, 0.1) is 30.8 Å². The Morgan fingerprint density at radius 2 is 2.06 bits per heavy atom. The highest BCUT2D eigenvalue weighted by atomic mass is 19.1. The first-order valence-corrected chi connectivity index (χ1v) is 5.66. The first-order valence-electron chi connectivity index (χ1n) is 5.66. The molecule has 0 aliphatic carbocycles. The van der Waals surface area contributed by atoms with E-state index in [-0.39, 0.29) is 11.7 Å². The third kappa shape index (κ3) is 2.32. The van der Waals surface area contributed by atoms with E-state index in [0.717, 1.165) is 18.8 Å². The van der Waals surface area contributed by atoms with Crippen LogP contribution in [0.25, 0.3) is 0 Å². The van der Waals surface area contributed by atoms with Crippen molar-refractivity contribution in [2.45, 2.75) is 19.8 Å². The Kier molecular flexibility index (Phi) is 3.39. The highest BCUT2D eigenvalue weighted by molar-refractivity contribution is 5.45. The maximum Gasteiger partial charge on any atom is 0.147 e. The smallest absolute Gasteiger partial charge is 0.147 e. The number of hydrogen-bond acceptors (Lipinski definition) is 3. The number of hydrogen-bond donors (Lipinski definition) is 0. The molecule has 0 atom stereocenters. The van der Waals surface area contributed by atoms with Gasteiger partial charge in [-0.3, -0.25) is 4.98 Å². The molecule has 1 aliphatic heterocycles. The Balaban J connectivity index is 2.19. The van der Waals surface area contributed by atoms with E-state index < -0.39 is 0 Å². The second-order valence-corrected chi connectivity index (χ2v) is 4.31. The number of ether oxygens (including phenoxy) is 1. The third-order valence-electron chi connectivity index (χ3n) is 2.78. The summed E-state index contributed by atoms with van der Waals surface area (Å²) in [5.41, 5.74) is 1.39. The van der Waals surface area contributed by atoms with Gasteiger partial charge in [0.25, 0.3) is 0 Å². The molecular formula is C12H17FN2O. The molecule has 0 bridgehead atoms. The Morgan fingerprint density at radius 3 is 2.62 bits per heavy atom. The molecule has 0 amide bonds. The minimum absolute atomic E-state index is 0.124. The summed E-state index contributed by atoms with van der Waals surface area (Å²) in [6, 6.07) is 1.58. The highest BCUT2D eigenvalue weighted by Crippen LogP contribution is 2.21. The van der Waals surface area contributed by atoms with E-state index in [1.54, 1.807) is 12.3 Å². The van der Waals surface area contributed by atoms with Crippen LogP contribution in [0.5, 0.6) is 0 Å². The standard InChI is InChI=1S/C12H17FN2O/c1-9(2)12-11(13)7-10(8-14-12)15-3-5-16-6-4-15/h7-9H,3-6H2,1-2H3. The van der Waals surface area contributed by atoms with E-state index in [2.05, 4.69) is 9.88 Å². The quantitative estimate of drug-likeness (QED) is 0.770. The molecule has 0 N–H and O–H groups in total. The first-order chi connectivity index (χ1) is 7.68. The van der Waals surface area contributed by atoms with Gasteiger partial charge < -0.3 is 9.64 Å². The van der Waals surface area contributed by atoms with E-state index >= 15 is 0 Å². The molecule has 2 rings (SSSR count). The summed E-state index contributed by atoms with van der Waals surface area (Å²) in [6.07, 6.45) is 1.75. The number of aromatic nitrogens is 1. The van der Waals surface area contributed by atoms with Crippen LogP contribution in [0.3, 0.4) is 0 Å². The van der Waals surface area contributed by atoms with Crippen LogP contribution >= 0.6 is 0 Å². The normalized spacial score (nSPS) is 16.9. The lowest BCUT2D eigenvalue weighted by Gasteiger charge is -2.28. The molecule has 0 saturated carbocycles. The molecule has 1 saturated heterocycles. The van der Waals surface area contributed by atoms with Crippen molar-refractivity contribution in [2.75, 3.05) is 31.2 Å². The van der Waals surface area contributed by atoms with Crippen LogP contribution in [0, 0.1) is 5.82 Å². The van der Waals surface area contributed by atoms with E-state index in [4.69, 9.17) is 4.74 Å². The average Bonchev–Trinajstić information content (AvgIpc) is 2.29. The lowest BCUT2D eigenvalue weighted by Crippen LogP contribution is -2.36. The second kappa shape index (κ2) is 4.78. The van der Waals surface area contributed by atoms with Crippen molar-refractivity contribution in [2.24, 2.45) is 0 Å². The van der Waals surface area contributed by atoms with Gasteiger partial charge in [-0.05, 0) is 5.92 Å². The van der Waals surface area contributed by atoms with Gasteiger partial charge in [0.15, 0.2) is 0 Å². The van der Waals surface area contributed by atoms with Crippen molar-refractivity contribution >= 4 is 5.69 Å². The summed E-state index contributed by atoms with van der Waals surface area (Å²) in [7, 11) is 0.